The van der Waals surface area contributed by atoms with E-state index in [9.17, 15) is 5.26 Å². The molecule has 3 rings (SSSR count). The number of hydrogen-bond donors (Lipinski definition) is 0. The van der Waals surface area contributed by atoms with Crippen LogP contribution in [0.4, 0.5) is 0 Å². The molecule has 1 aliphatic rings. The molecule has 0 fully saturated rings. The Morgan fingerprint density at radius 3 is 2.39 bits per heavy atom. The van der Waals surface area contributed by atoms with E-state index in [4.69, 9.17) is 4.98 Å². The summed E-state index contributed by atoms with van der Waals surface area (Å²) in [6.07, 6.45) is 12.3. The molecule has 2 aromatic rings. The zero-order chi connectivity index (χ0) is 19.8. The van der Waals surface area contributed by atoms with Crippen molar-refractivity contribution in [1.29, 1.82) is 5.26 Å². The molecule has 1 unspecified atom stereocenters. The number of aromatic nitrogens is 1. The summed E-state index contributed by atoms with van der Waals surface area (Å²) in [5, 5.41) is 10.2. The van der Waals surface area contributed by atoms with E-state index in [1.54, 1.807) is 0 Å². The van der Waals surface area contributed by atoms with Gasteiger partial charge in [0, 0.05) is 5.69 Å². The van der Waals surface area contributed by atoms with Gasteiger partial charge < -0.3 is 0 Å². The van der Waals surface area contributed by atoms with Crippen molar-refractivity contribution in [3.05, 3.63) is 64.5 Å². The fourth-order valence-electron chi connectivity index (χ4n) is 4.52. The molecule has 148 valence electrons. The van der Waals surface area contributed by atoms with E-state index in [0.29, 0.717) is 0 Å². The zero-order valence-corrected chi connectivity index (χ0v) is 17.6. The van der Waals surface area contributed by atoms with E-state index in [2.05, 4.69) is 50.2 Å². The average Bonchev–Trinajstić information content (AvgIpc) is 3.07. The lowest BCUT2D eigenvalue weighted by atomic mass is 9.80. The van der Waals surface area contributed by atoms with Gasteiger partial charge in [-0.3, -0.25) is 4.98 Å². The third kappa shape index (κ3) is 4.64. The fourth-order valence-corrected chi connectivity index (χ4v) is 4.52. The number of benzene rings is 1. The molecule has 0 amide bonds. The summed E-state index contributed by atoms with van der Waals surface area (Å²) < 4.78 is 0. The van der Waals surface area contributed by atoms with E-state index in [-0.39, 0.29) is 0 Å². The SMILES string of the molecule is CCCCCc1cc2c(nc1CCCCC)C(C#N)(Cc1ccccc1)CC2. The van der Waals surface area contributed by atoms with Crippen molar-refractivity contribution in [3.63, 3.8) is 0 Å². The van der Waals surface area contributed by atoms with Gasteiger partial charge in [0.1, 0.15) is 5.41 Å². The van der Waals surface area contributed by atoms with E-state index >= 15 is 0 Å². The fraction of sp³-hybridized carbons (Fsp3) is 0.538. The predicted molar refractivity (Wildman–Crippen MR) is 116 cm³/mol. The Hall–Kier alpha value is -2.14. The number of fused-ring (bicyclic) bond motifs is 1. The lowest BCUT2D eigenvalue weighted by Gasteiger charge is -2.23. The second-order valence-electron chi connectivity index (χ2n) is 8.37. The van der Waals surface area contributed by atoms with Gasteiger partial charge in [-0.1, -0.05) is 75.9 Å². The Bertz CT molecular complexity index is 803. The van der Waals surface area contributed by atoms with Gasteiger partial charge in [0.2, 0.25) is 0 Å². The molecule has 0 aliphatic heterocycles. The van der Waals surface area contributed by atoms with E-state index in [1.807, 2.05) is 6.07 Å². The summed E-state index contributed by atoms with van der Waals surface area (Å²) in [7, 11) is 0. The van der Waals surface area contributed by atoms with Gasteiger partial charge >= 0.3 is 0 Å². The van der Waals surface area contributed by atoms with Crippen LogP contribution in [0.3, 0.4) is 0 Å². The average molecular weight is 375 g/mol. The highest BCUT2D eigenvalue weighted by Crippen LogP contribution is 2.41. The highest BCUT2D eigenvalue weighted by molar-refractivity contribution is 5.45. The molecule has 0 bridgehead atoms. The maximum absolute atomic E-state index is 10.2. The number of hydrogen-bond acceptors (Lipinski definition) is 2. The van der Waals surface area contributed by atoms with E-state index in [1.165, 1.54) is 60.9 Å². The van der Waals surface area contributed by atoms with Gasteiger partial charge in [-0.25, -0.2) is 0 Å². The Kier molecular flexibility index (Phi) is 7.26. The van der Waals surface area contributed by atoms with Gasteiger partial charge in [0.25, 0.3) is 0 Å². The van der Waals surface area contributed by atoms with Crippen molar-refractivity contribution in [2.75, 3.05) is 0 Å². The summed E-state index contributed by atoms with van der Waals surface area (Å²) in [6, 6.07) is 15.5. The molecule has 0 radical (unpaired) electrons. The Morgan fingerprint density at radius 1 is 1.00 bits per heavy atom. The molecule has 28 heavy (non-hydrogen) atoms. The van der Waals surface area contributed by atoms with Crippen LogP contribution in [0.2, 0.25) is 0 Å². The van der Waals surface area contributed by atoms with Crippen LogP contribution < -0.4 is 0 Å². The van der Waals surface area contributed by atoms with E-state index < -0.39 is 5.41 Å². The van der Waals surface area contributed by atoms with Crippen molar-refractivity contribution >= 4 is 0 Å². The molecular formula is C26H34N2. The second-order valence-corrected chi connectivity index (χ2v) is 8.37. The third-order valence-corrected chi connectivity index (χ3v) is 6.17. The Morgan fingerprint density at radius 2 is 1.71 bits per heavy atom. The topological polar surface area (TPSA) is 36.7 Å². The predicted octanol–water partition coefficient (Wildman–Crippen LogP) is 6.50. The minimum absolute atomic E-state index is 0.460. The summed E-state index contributed by atoms with van der Waals surface area (Å²) in [5.74, 6) is 0. The van der Waals surface area contributed by atoms with Crippen LogP contribution in [0.1, 0.15) is 86.9 Å². The van der Waals surface area contributed by atoms with Crippen LogP contribution in [0.5, 0.6) is 0 Å². The maximum Gasteiger partial charge on any atom is 0.104 e. The molecule has 2 nitrogen and oxygen atoms in total. The van der Waals surface area contributed by atoms with Crippen LogP contribution in [-0.4, -0.2) is 4.98 Å². The van der Waals surface area contributed by atoms with Gasteiger partial charge in [0.05, 0.1) is 11.8 Å². The number of unbranched alkanes of at least 4 members (excludes halogenated alkanes) is 4. The van der Waals surface area contributed by atoms with Crippen molar-refractivity contribution in [3.8, 4) is 6.07 Å². The lowest BCUT2D eigenvalue weighted by molar-refractivity contribution is 0.526. The van der Waals surface area contributed by atoms with Crippen LogP contribution >= 0.6 is 0 Å². The van der Waals surface area contributed by atoms with Crippen LogP contribution in [0.15, 0.2) is 36.4 Å². The monoisotopic (exact) mass is 374 g/mol. The first-order chi connectivity index (χ1) is 13.7. The number of pyridine rings is 1. The first-order valence-corrected chi connectivity index (χ1v) is 11.2. The molecule has 1 atom stereocenters. The summed E-state index contributed by atoms with van der Waals surface area (Å²) in [5.41, 5.74) is 5.87. The standard InChI is InChI=1S/C26H34N2/c1-3-5-8-14-22-18-23-16-17-26(20-27,19-21-12-10-7-11-13-21)25(23)28-24(22)15-9-6-4-2/h7,10-13,18H,3-6,8-9,14-17,19H2,1-2H3. The van der Waals surface area contributed by atoms with Crippen molar-refractivity contribution in [2.24, 2.45) is 0 Å². The third-order valence-electron chi connectivity index (χ3n) is 6.17. The second kappa shape index (κ2) is 9.87. The minimum atomic E-state index is -0.460. The van der Waals surface area contributed by atoms with E-state index in [0.717, 1.165) is 37.8 Å². The minimum Gasteiger partial charge on any atom is -0.256 e. The van der Waals surface area contributed by atoms with Crippen LogP contribution in [0.25, 0.3) is 0 Å². The largest absolute Gasteiger partial charge is 0.256 e. The van der Waals surface area contributed by atoms with Crippen LogP contribution in [0, 0.1) is 11.3 Å². The molecule has 0 saturated heterocycles. The molecule has 1 aromatic carbocycles. The molecule has 2 heteroatoms. The zero-order valence-electron chi connectivity index (χ0n) is 17.6. The number of nitriles is 1. The maximum atomic E-state index is 10.2. The summed E-state index contributed by atoms with van der Waals surface area (Å²) in [4.78, 5) is 5.20. The van der Waals surface area contributed by atoms with Crippen molar-refractivity contribution in [2.45, 2.75) is 89.9 Å². The van der Waals surface area contributed by atoms with Crippen molar-refractivity contribution in [1.82, 2.24) is 4.98 Å². The number of rotatable bonds is 10. The summed E-state index contributed by atoms with van der Waals surface area (Å²) >= 11 is 0. The summed E-state index contributed by atoms with van der Waals surface area (Å²) in [6.45, 7) is 4.51. The highest BCUT2D eigenvalue weighted by Gasteiger charge is 2.41. The van der Waals surface area contributed by atoms with Gasteiger partial charge in [0.15, 0.2) is 0 Å². The lowest BCUT2D eigenvalue weighted by Crippen LogP contribution is -2.26. The van der Waals surface area contributed by atoms with Gasteiger partial charge in [-0.05, 0) is 61.6 Å². The molecular weight excluding hydrogens is 340 g/mol. The molecule has 1 heterocycles. The number of aryl methyl sites for hydroxylation is 3. The normalized spacial score (nSPS) is 18.0. The highest BCUT2D eigenvalue weighted by atomic mass is 14.8. The first-order valence-electron chi connectivity index (χ1n) is 11.2. The molecule has 1 aliphatic carbocycles. The Balaban J connectivity index is 1.92. The van der Waals surface area contributed by atoms with Gasteiger partial charge in [-0.15, -0.1) is 0 Å². The molecule has 0 N–H and O–H groups in total. The van der Waals surface area contributed by atoms with Crippen molar-refractivity contribution < 1.29 is 0 Å². The Labute approximate surface area is 171 Å². The molecule has 1 aromatic heterocycles. The molecule has 0 spiro atoms. The molecule has 0 saturated carbocycles. The first kappa shape index (κ1) is 20.6. The van der Waals surface area contributed by atoms with Crippen LogP contribution in [-0.2, 0) is 31.1 Å². The smallest absolute Gasteiger partial charge is 0.104 e. The van der Waals surface area contributed by atoms with Gasteiger partial charge in [-0.2, -0.15) is 5.26 Å². The quantitative estimate of drug-likeness (QED) is 0.445. The number of nitrogens with zero attached hydrogens (tertiary/aromatic N) is 2.